The summed E-state index contributed by atoms with van der Waals surface area (Å²) in [5.41, 5.74) is 9.10. The van der Waals surface area contributed by atoms with E-state index in [1.54, 1.807) is 29.2 Å². The normalized spacial score (nSPS) is 16.1. The van der Waals surface area contributed by atoms with E-state index < -0.39 is 0 Å². The van der Waals surface area contributed by atoms with Crippen LogP contribution >= 0.6 is 0 Å². The Morgan fingerprint density at radius 1 is 1.25 bits per heavy atom. The van der Waals surface area contributed by atoms with E-state index in [4.69, 9.17) is 5.73 Å². The number of phenolic OH excluding ortho intramolecular Hbond substituents is 1. The predicted octanol–water partition coefficient (Wildman–Crippen LogP) is 1.87. The highest BCUT2D eigenvalue weighted by molar-refractivity contribution is 5.76. The molecule has 1 saturated carbocycles. The highest BCUT2D eigenvalue weighted by Crippen LogP contribution is 2.32. The van der Waals surface area contributed by atoms with Crippen LogP contribution in [0.15, 0.2) is 24.3 Å². The van der Waals surface area contributed by atoms with Crippen molar-refractivity contribution in [1.29, 1.82) is 0 Å². The molecule has 1 fully saturated rings. The lowest BCUT2D eigenvalue weighted by Crippen LogP contribution is -2.37. The number of anilines is 1. The Morgan fingerprint density at radius 3 is 2.71 bits per heavy atom. The number of carbonyl (C=O) groups excluding carboxylic acids is 1. The number of hydrogen-bond donors (Lipinski definition) is 3. The first-order valence-electron chi connectivity index (χ1n) is 8.07. The molecule has 1 aromatic carbocycles. The summed E-state index contributed by atoms with van der Waals surface area (Å²) in [4.78, 5) is 22.7. The molecular formula is C17H19N5O2. The summed E-state index contributed by atoms with van der Waals surface area (Å²) in [5, 5.41) is 12.4. The summed E-state index contributed by atoms with van der Waals surface area (Å²) in [6.45, 7) is 1.64. The molecule has 4 N–H and O–H groups in total. The number of hydrogen-bond acceptors (Lipinski definition) is 5. The second-order valence-electron chi connectivity index (χ2n) is 6.39. The third-order valence-corrected chi connectivity index (χ3v) is 4.47. The van der Waals surface area contributed by atoms with Crippen molar-refractivity contribution < 1.29 is 9.90 Å². The molecular weight excluding hydrogens is 306 g/mol. The standard InChI is InChI=1S/C17H19N5O2/c18-16-20-14-9-22(17(24)19-7-10-1-2-10)8-13(14)15(21-16)11-3-5-12(23)6-4-11/h3-6,10,23H,1-2,7-9H2,(H,19,24)(H2,18,20,21). The van der Waals surface area contributed by atoms with E-state index in [0.717, 1.165) is 29.1 Å². The lowest BCUT2D eigenvalue weighted by molar-refractivity contribution is 0.198. The average molecular weight is 325 g/mol. The number of phenols is 1. The molecule has 2 amide bonds. The van der Waals surface area contributed by atoms with E-state index in [2.05, 4.69) is 15.3 Å². The number of aromatic nitrogens is 2. The number of carbonyl (C=O) groups is 1. The largest absolute Gasteiger partial charge is 0.508 e. The first kappa shape index (κ1) is 14.7. The zero-order valence-corrected chi connectivity index (χ0v) is 13.2. The van der Waals surface area contributed by atoms with Gasteiger partial charge in [-0.3, -0.25) is 0 Å². The van der Waals surface area contributed by atoms with Crippen LogP contribution in [0.2, 0.25) is 0 Å². The topological polar surface area (TPSA) is 104 Å². The first-order chi connectivity index (χ1) is 11.6. The summed E-state index contributed by atoms with van der Waals surface area (Å²) in [6.07, 6.45) is 2.40. The summed E-state index contributed by atoms with van der Waals surface area (Å²) < 4.78 is 0. The monoisotopic (exact) mass is 325 g/mol. The Bertz CT molecular complexity index is 786. The van der Waals surface area contributed by atoms with E-state index >= 15 is 0 Å². The number of benzene rings is 1. The third kappa shape index (κ3) is 2.84. The second-order valence-corrected chi connectivity index (χ2v) is 6.39. The summed E-state index contributed by atoms with van der Waals surface area (Å²) >= 11 is 0. The SMILES string of the molecule is Nc1nc2c(c(-c3ccc(O)cc3)n1)CN(C(=O)NCC1CC1)C2. The molecule has 2 aromatic rings. The van der Waals surface area contributed by atoms with Crippen LogP contribution in [0, 0.1) is 5.92 Å². The van der Waals surface area contributed by atoms with Crippen molar-refractivity contribution in [3.05, 3.63) is 35.5 Å². The molecule has 0 spiro atoms. The highest BCUT2D eigenvalue weighted by atomic mass is 16.3. The first-order valence-corrected chi connectivity index (χ1v) is 8.07. The molecule has 24 heavy (non-hydrogen) atoms. The van der Waals surface area contributed by atoms with Gasteiger partial charge in [-0.05, 0) is 43.0 Å². The number of fused-ring (bicyclic) bond motifs is 1. The second kappa shape index (κ2) is 5.67. The number of nitrogens with one attached hydrogen (secondary N) is 1. The lowest BCUT2D eigenvalue weighted by atomic mass is 10.1. The minimum Gasteiger partial charge on any atom is -0.508 e. The van der Waals surface area contributed by atoms with Crippen molar-refractivity contribution in [3.8, 4) is 17.0 Å². The number of urea groups is 1. The molecule has 124 valence electrons. The maximum absolute atomic E-state index is 12.3. The van der Waals surface area contributed by atoms with E-state index in [1.165, 1.54) is 12.8 Å². The molecule has 0 radical (unpaired) electrons. The number of nitrogen functional groups attached to an aromatic ring is 1. The van der Waals surface area contributed by atoms with Crippen molar-refractivity contribution in [2.75, 3.05) is 12.3 Å². The summed E-state index contributed by atoms with van der Waals surface area (Å²) in [6, 6.07) is 6.71. The van der Waals surface area contributed by atoms with E-state index in [1.807, 2.05) is 0 Å². The quantitative estimate of drug-likeness (QED) is 0.799. The van der Waals surface area contributed by atoms with E-state index in [0.29, 0.717) is 19.0 Å². The molecule has 1 aliphatic carbocycles. The van der Waals surface area contributed by atoms with Crippen molar-refractivity contribution in [3.63, 3.8) is 0 Å². The molecule has 2 aliphatic rings. The van der Waals surface area contributed by atoms with Crippen molar-refractivity contribution in [1.82, 2.24) is 20.2 Å². The van der Waals surface area contributed by atoms with Crippen LogP contribution in [0.1, 0.15) is 24.1 Å². The summed E-state index contributed by atoms with van der Waals surface area (Å²) in [7, 11) is 0. The van der Waals surface area contributed by atoms with Gasteiger partial charge in [0.15, 0.2) is 0 Å². The van der Waals surface area contributed by atoms with Gasteiger partial charge < -0.3 is 21.1 Å². The van der Waals surface area contributed by atoms with Gasteiger partial charge in [-0.1, -0.05) is 0 Å². The van der Waals surface area contributed by atoms with Gasteiger partial charge in [0.2, 0.25) is 5.95 Å². The molecule has 1 aromatic heterocycles. The third-order valence-electron chi connectivity index (χ3n) is 4.47. The van der Waals surface area contributed by atoms with Crippen molar-refractivity contribution >= 4 is 12.0 Å². The Balaban J connectivity index is 1.59. The van der Waals surface area contributed by atoms with Gasteiger partial charge in [-0.2, -0.15) is 0 Å². The molecule has 0 atom stereocenters. The summed E-state index contributed by atoms with van der Waals surface area (Å²) in [5.74, 6) is 1.03. The highest BCUT2D eigenvalue weighted by Gasteiger charge is 2.29. The zero-order chi connectivity index (χ0) is 16.7. The smallest absolute Gasteiger partial charge is 0.318 e. The number of rotatable bonds is 3. The Hall–Kier alpha value is -2.83. The van der Waals surface area contributed by atoms with E-state index in [-0.39, 0.29) is 17.7 Å². The fourth-order valence-electron chi connectivity index (χ4n) is 2.94. The predicted molar refractivity (Wildman–Crippen MR) is 88.9 cm³/mol. The van der Waals surface area contributed by atoms with Crippen LogP contribution in [-0.4, -0.2) is 32.6 Å². The molecule has 0 saturated heterocycles. The minimum absolute atomic E-state index is 0.0740. The maximum Gasteiger partial charge on any atom is 0.318 e. The molecule has 0 unspecified atom stereocenters. The Kier molecular flexibility index (Phi) is 3.48. The van der Waals surface area contributed by atoms with Crippen molar-refractivity contribution in [2.45, 2.75) is 25.9 Å². The van der Waals surface area contributed by atoms with Gasteiger partial charge >= 0.3 is 6.03 Å². The number of nitrogens with zero attached hydrogens (tertiary/aromatic N) is 3. The van der Waals surface area contributed by atoms with Crippen LogP contribution < -0.4 is 11.1 Å². The van der Waals surface area contributed by atoms with Crippen molar-refractivity contribution in [2.24, 2.45) is 5.92 Å². The maximum atomic E-state index is 12.3. The molecule has 7 nitrogen and oxygen atoms in total. The number of aromatic hydroxyl groups is 1. The van der Waals surface area contributed by atoms with Gasteiger partial charge in [-0.15, -0.1) is 0 Å². The lowest BCUT2D eigenvalue weighted by Gasteiger charge is -2.16. The Morgan fingerprint density at radius 2 is 2.00 bits per heavy atom. The number of amides is 2. The average Bonchev–Trinajstić information content (AvgIpc) is 3.30. The van der Waals surface area contributed by atoms with Crippen LogP contribution in [0.3, 0.4) is 0 Å². The number of nitrogens with two attached hydrogens (primary N) is 1. The van der Waals surface area contributed by atoms with Gasteiger partial charge in [0, 0.05) is 17.7 Å². The molecule has 2 heterocycles. The van der Waals surface area contributed by atoms with Crippen LogP contribution in [-0.2, 0) is 13.1 Å². The van der Waals surface area contributed by atoms with Gasteiger partial charge in [0.05, 0.1) is 24.5 Å². The zero-order valence-electron chi connectivity index (χ0n) is 13.2. The molecule has 0 bridgehead atoms. The van der Waals surface area contributed by atoms with Gasteiger partial charge in [0.25, 0.3) is 0 Å². The van der Waals surface area contributed by atoms with Gasteiger partial charge in [-0.25, -0.2) is 14.8 Å². The van der Waals surface area contributed by atoms with Crippen LogP contribution in [0.4, 0.5) is 10.7 Å². The fraction of sp³-hybridized carbons (Fsp3) is 0.353. The van der Waals surface area contributed by atoms with E-state index in [9.17, 15) is 9.90 Å². The minimum atomic E-state index is -0.0740. The van der Waals surface area contributed by atoms with Gasteiger partial charge in [0.1, 0.15) is 5.75 Å². The Labute approximate surface area is 139 Å². The van der Waals surface area contributed by atoms with Crippen LogP contribution in [0.5, 0.6) is 5.75 Å². The van der Waals surface area contributed by atoms with Crippen LogP contribution in [0.25, 0.3) is 11.3 Å². The fourth-order valence-corrected chi connectivity index (χ4v) is 2.94. The molecule has 1 aliphatic heterocycles. The molecule has 7 heteroatoms. The molecule has 4 rings (SSSR count).